The number of rotatable bonds is 4. The van der Waals surface area contributed by atoms with Gasteiger partial charge in [-0.1, -0.05) is 28.1 Å². The lowest BCUT2D eigenvalue weighted by molar-refractivity contribution is 0.187. The Bertz CT molecular complexity index is 736. The summed E-state index contributed by atoms with van der Waals surface area (Å²) in [6, 6.07) is 14.1. The number of nitrogens with one attached hydrogen (secondary N) is 1. The minimum Gasteiger partial charge on any atom is -0.508 e. The molecule has 7 heteroatoms. The summed E-state index contributed by atoms with van der Waals surface area (Å²) in [7, 11) is -3.41. The summed E-state index contributed by atoms with van der Waals surface area (Å²) in [5, 5.41) is 12.8. The Morgan fingerprint density at radius 3 is 2.12 bits per heavy atom. The molecule has 2 N–H and O–H groups in total. The number of aromatic hydroxyl groups is 1. The van der Waals surface area contributed by atoms with Crippen molar-refractivity contribution in [3.05, 3.63) is 58.6 Å². The molecule has 1 heterocycles. The zero-order valence-electron chi connectivity index (χ0n) is 13.3. The molecule has 0 saturated carbocycles. The van der Waals surface area contributed by atoms with Crippen molar-refractivity contribution < 1.29 is 18.7 Å². The Hall–Kier alpha value is -1.33. The monoisotopic (exact) mass is 411 g/mol. The van der Waals surface area contributed by atoms with Gasteiger partial charge in [0.25, 0.3) is 0 Å². The van der Waals surface area contributed by atoms with E-state index in [9.17, 15) is 9.67 Å². The molecule has 0 aliphatic carbocycles. The number of anilines is 1. The standard InChI is InChI=1S/C17H19BrNO4P/c1-11-12(2)23-24(21,22-11)17(13-3-9-16(20)10-4-13)19-15-7-5-14(18)6-8-15/h3-12,17,19-20H,1-2H3. The van der Waals surface area contributed by atoms with Gasteiger partial charge in [0.2, 0.25) is 0 Å². The zero-order chi connectivity index (χ0) is 17.3. The molecule has 0 radical (unpaired) electrons. The minimum absolute atomic E-state index is 0.148. The van der Waals surface area contributed by atoms with Crippen molar-refractivity contribution in [2.24, 2.45) is 0 Å². The molecule has 0 bridgehead atoms. The van der Waals surface area contributed by atoms with E-state index >= 15 is 0 Å². The van der Waals surface area contributed by atoms with Crippen LogP contribution in [0, 0.1) is 0 Å². The fraction of sp³-hybridized carbons (Fsp3) is 0.294. The first-order valence-electron chi connectivity index (χ1n) is 7.65. The molecule has 3 unspecified atom stereocenters. The van der Waals surface area contributed by atoms with E-state index in [1.54, 1.807) is 24.3 Å². The molecule has 24 heavy (non-hydrogen) atoms. The molecular formula is C17H19BrNO4P. The highest BCUT2D eigenvalue weighted by molar-refractivity contribution is 9.10. The van der Waals surface area contributed by atoms with Gasteiger partial charge in [0.05, 0.1) is 12.2 Å². The summed E-state index contributed by atoms with van der Waals surface area (Å²) in [6.45, 7) is 3.69. The lowest BCUT2D eigenvalue weighted by Gasteiger charge is -2.25. The van der Waals surface area contributed by atoms with Crippen LogP contribution in [0.25, 0.3) is 0 Å². The molecule has 2 aromatic rings. The Labute approximate surface area is 149 Å². The van der Waals surface area contributed by atoms with Gasteiger partial charge in [-0.2, -0.15) is 0 Å². The second-order valence-corrected chi connectivity index (χ2v) is 8.74. The third-order valence-corrected chi connectivity index (χ3v) is 6.80. The van der Waals surface area contributed by atoms with Gasteiger partial charge in [-0.3, -0.25) is 4.57 Å². The summed E-state index contributed by atoms with van der Waals surface area (Å²) in [5.41, 5.74) is 1.52. The van der Waals surface area contributed by atoms with Gasteiger partial charge < -0.3 is 19.5 Å². The van der Waals surface area contributed by atoms with Crippen LogP contribution in [-0.4, -0.2) is 17.3 Å². The topological polar surface area (TPSA) is 67.8 Å². The maximum Gasteiger partial charge on any atom is 0.357 e. The molecule has 3 atom stereocenters. The number of hydrogen-bond acceptors (Lipinski definition) is 5. The van der Waals surface area contributed by atoms with E-state index in [1.165, 1.54) is 0 Å². The first-order chi connectivity index (χ1) is 11.4. The van der Waals surface area contributed by atoms with Crippen LogP contribution >= 0.6 is 23.5 Å². The van der Waals surface area contributed by atoms with Crippen LogP contribution in [0.3, 0.4) is 0 Å². The molecule has 1 aliphatic rings. The van der Waals surface area contributed by atoms with Crippen molar-refractivity contribution in [1.82, 2.24) is 0 Å². The third-order valence-electron chi connectivity index (χ3n) is 3.96. The van der Waals surface area contributed by atoms with Crippen molar-refractivity contribution in [3.8, 4) is 5.75 Å². The smallest absolute Gasteiger partial charge is 0.357 e. The Morgan fingerprint density at radius 1 is 1.04 bits per heavy atom. The summed E-state index contributed by atoms with van der Waals surface area (Å²) < 4.78 is 25.7. The van der Waals surface area contributed by atoms with Crippen molar-refractivity contribution in [3.63, 3.8) is 0 Å². The maximum atomic E-state index is 13.3. The lowest BCUT2D eigenvalue weighted by Crippen LogP contribution is -2.13. The molecule has 128 valence electrons. The highest BCUT2D eigenvalue weighted by atomic mass is 79.9. The van der Waals surface area contributed by atoms with E-state index in [0.29, 0.717) is 0 Å². The van der Waals surface area contributed by atoms with Crippen molar-refractivity contribution in [2.75, 3.05) is 5.32 Å². The minimum atomic E-state index is -3.41. The highest BCUT2D eigenvalue weighted by Crippen LogP contribution is 2.66. The molecule has 1 aliphatic heterocycles. The summed E-state index contributed by atoms with van der Waals surface area (Å²) in [6.07, 6.45) is -0.496. The molecule has 3 rings (SSSR count). The summed E-state index contributed by atoms with van der Waals surface area (Å²) in [5.74, 6) is -0.513. The molecule has 5 nitrogen and oxygen atoms in total. The van der Waals surface area contributed by atoms with Crippen molar-refractivity contribution in [2.45, 2.75) is 31.8 Å². The average molecular weight is 412 g/mol. The normalized spacial score (nSPS) is 27.8. The fourth-order valence-corrected chi connectivity index (χ4v) is 5.16. The van der Waals surface area contributed by atoms with Crippen molar-refractivity contribution in [1.29, 1.82) is 0 Å². The maximum absolute atomic E-state index is 13.3. The molecule has 2 aromatic carbocycles. The van der Waals surface area contributed by atoms with E-state index < -0.39 is 13.4 Å². The second-order valence-electron chi connectivity index (χ2n) is 5.81. The van der Waals surface area contributed by atoms with Crippen LogP contribution in [0.15, 0.2) is 53.0 Å². The SMILES string of the molecule is CC1OP(=O)(C(Nc2ccc(Br)cc2)c2ccc(O)cc2)OC1C. The molecule has 1 saturated heterocycles. The van der Waals surface area contributed by atoms with Crippen LogP contribution in [0.4, 0.5) is 5.69 Å². The first-order valence-corrected chi connectivity index (χ1v) is 10.1. The zero-order valence-corrected chi connectivity index (χ0v) is 15.8. The number of phenols is 1. The Morgan fingerprint density at radius 2 is 1.58 bits per heavy atom. The van der Waals surface area contributed by atoms with E-state index in [1.807, 2.05) is 38.1 Å². The summed E-state index contributed by atoms with van der Waals surface area (Å²) in [4.78, 5) is 0. The quantitative estimate of drug-likeness (QED) is 0.669. The van der Waals surface area contributed by atoms with E-state index in [-0.39, 0.29) is 18.0 Å². The average Bonchev–Trinajstić information content (AvgIpc) is 2.81. The molecule has 0 amide bonds. The molecule has 0 spiro atoms. The number of hydrogen-bond donors (Lipinski definition) is 2. The van der Waals surface area contributed by atoms with Gasteiger partial charge in [0.1, 0.15) is 5.75 Å². The Kier molecular flexibility index (Phi) is 5.02. The lowest BCUT2D eigenvalue weighted by atomic mass is 10.2. The van der Waals surface area contributed by atoms with Gasteiger partial charge in [-0.05, 0) is 55.8 Å². The number of phenolic OH excluding ortho intramolecular Hbond substituents is 1. The van der Waals surface area contributed by atoms with Crippen molar-refractivity contribution >= 4 is 29.2 Å². The molecule has 0 aromatic heterocycles. The van der Waals surface area contributed by atoms with Crippen LogP contribution < -0.4 is 5.32 Å². The van der Waals surface area contributed by atoms with E-state index in [2.05, 4.69) is 21.2 Å². The van der Waals surface area contributed by atoms with Crippen LogP contribution in [0.1, 0.15) is 25.2 Å². The predicted molar refractivity (Wildman–Crippen MR) is 97.3 cm³/mol. The van der Waals surface area contributed by atoms with Gasteiger partial charge in [0.15, 0.2) is 5.78 Å². The van der Waals surface area contributed by atoms with Crippen LogP contribution in [-0.2, 0) is 13.6 Å². The van der Waals surface area contributed by atoms with Gasteiger partial charge in [0, 0.05) is 10.2 Å². The van der Waals surface area contributed by atoms with Gasteiger partial charge in [-0.15, -0.1) is 0 Å². The third kappa shape index (κ3) is 3.67. The van der Waals surface area contributed by atoms with E-state index in [0.717, 1.165) is 15.7 Å². The first kappa shape index (κ1) is 17.5. The van der Waals surface area contributed by atoms with Crippen LogP contribution in [0.5, 0.6) is 5.75 Å². The van der Waals surface area contributed by atoms with Crippen LogP contribution in [0.2, 0.25) is 0 Å². The number of halogens is 1. The predicted octanol–water partition coefficient (Wildman–Crippen LogP) is 5.28. The highest BCUT2D eigenvalue weighted by Gasteiger charge is 2.47. The van der Waals surface area contributed by atoms with E-state index in [4.69, 9.17) is 9.05 Å². The second kappa shape index (κ2) is 6.89. The van der Waals surface area contributed by atoms with Gasteiger partial charge >= 0.3 is 7.60 Å². The molecule has 1 fully saturated rings. The fourth-order valence-electron chi connectivity index (χ4n) is 2.49. The van der Waals surface area contributed by atoms with Gasteiger partial charge in [-0.25, -0.2) is 0 Å². The molecular weight excluding hydrogens is 393 g/mol. The Balaban J connectivity index is 1.96. The largest absolute Gasteiger partial charge is 0.508 e. The summed E-state index contributed by atoms with van der Waals surface area (Å²) >= 11 is 3.40. The number of benzene rings is 2.